The molecule has 0 saturated carbocycles. The van der Waals surface area contributed by atoms with Gasteiger partial charge in [0.25, 0.3) is 5.89 Å². The molecule has 36 heavy (non-hydrogen) atoms. The van der Waals surface area contributed by atoms with Crippen LogP contribution in [0, 0.1) is 11.8 Å². The minimum atomic E-state index is -0.945. The van der Waals surface area contributed by atoms with Crippen LogP contribution in [0.2, 0.25) is 0 Å². The highest BCUT2D eigenvalue weighted by Crippen LogP contribution is 2.11. The van der Waals surface area contributed by atoms with Crippen LogP contribution >= 0.6 is 0 Å². The van der Waals surface area contributed by atoms with E-state index in [1.807, 2.05) is 65.0 Å². The highest BCUT2D eigenvalue weighted by Gasteiger charge is 2.31. The summed E-state index contributed by atoms with van der Waals surface area (Å²) in [5.41, 5.74) is 0.820. The number of Topliss-reactive ketones (excluding diaryl/α,β-unsaturated/α-hetero) is 1. The van der Waals surface area contributed by atoms with E-state index < -0.39 is 35.6 Å². The van der Waals surface area contributed by atoms with Crippen LogP contribution in [0.5, 0.6) is 0 Å². The molecule has 0 radical (unpaired) electrons. The number of unbranched alkanes of at least 4 members (excludes halogenated alkanes) is 1. The number of hydrogen-bond acceptors (Lipinski definition) is 7. The van der Waals surface area contributed by atoms with Crippen molar-refractivity contribution in [1.29, 1.82) is 0 Å². The Labute approximate surface area is 211 Å². The van der Waals surface area contributed by atoms with Crippen LogP contribution in [-0.2, 0) is 22.7 Å². The van der Waals surface area contributed by atoms with Gasteiger partial charge in [-0.25, -0.2) is 9.59 Å². The van der Waals surface area contributed by atoms with Gasteiger partial charge < -0.3 is 19.8 Å². The molecule has 2 N–H and O–H groups in total. The molecule has 2 rings (SSSR count). The normalized spacial score (nSPS) is 12.9. The van der Waals surface area contributed by atoms with Crippen LogP contribution in [0.25, 0.3) is 0 Å². The van der Waals surface area contributed by atoms with Gasteiger partial charge in [0, 0.05) is 0 Å². The summed E-state index contributed by atoms with van der Waals surface area (Å²) in [6.07, 6.45) is 1.42. The van der Waals surface area contributed by atoms with E-state index in [2.05, 4.69) is 15.7 Å². The molecule has 1 aromatic heterocycles. The maximum Gasteiger partial charge on any atom is 0.437 e. The van der Waals surface area contributed by atoms with E-state index >= 15 is 0 Å². The van der Waals surface area contributed by atoms with Gasteiger partial charge in [-0.05, 0) is 30.2 Å². The molecule has 10 nitrogen and oxygen atoms in total. The molecule has 0 bridgehead atoms. The lowest BCUT2D eigenvalue weighted by atomic mass is 10.0. The van der Waals surface area contributed by atoms with E-state index in [4.69, 9.17) is 9.15 Å². The van der Waals surface area contributed by atoms with Crippen molar-refractivity contribution in [3.8, 4) is 0 Å². The van der Waals surface area contributed by atoms with E-state index in [1.54, 1.807) is 0 Å². The Balaban J connectivity index is 2.11. The SMILES string of the molecule is CCCC[C@H](NC(=O)[C@H](CC(C)C)NC(=O)OCc1ccccc1)C(=O)c1nn(CC(C)C)c(=O)o1. The van der Waals surface area contributed by atoms with E-state index in [0.717, 1.165) is 16.7 Å². The molecule has 10 heteroatoms. The number of carbonyl (C=O) groups excluding carboxylic acids is 3. The summed E-state index contributed by atoms with van der Waals surface area (Å²) < 4.78 is 11.5. The lowest BCUT2D eigenvalue weighted by Gasteiger charge is -2.23. The van der Waals surface area contributed by atoms with Gasteiger partial charge in [-0.3, -0.25) is 9.59 Å². The van der Waals surface area contributed by atoms with Crippen molar-refractivity contribution in [1.82, 2.24) is 20.4 Å². The second kappa shape index (κ2) is 14.2. The van der Waals surface area contributed by atoms with E-state index in [9.17, 15) is 19.2 Å². The maximum atomic E-state index is 13.2. The number of nitrogens with zero attached hydrogens (tertiary/aromatic N) is 2. The van der Waals surface area contributed by atoms with Crippen LogP contribution in [-0.4, -0.2) is 39.6 Å². The first-order chi connectivity index (χ1) is 17.1. The molecule has 2 amide bonds. The largest absolute Gasteiger partial charge is 0.445 e. The average Bonchev–Trinajstić information content (AvgIpc) is 3.19. The summed E-state index contributed by atoms with van der Waals surface area (Å²) in [7, 11) is 0. The average molecular weight is 503 g/mol. The smallest absolute Gasteiger partial charge is 0.437 e. The Morgan fingerprint density at radius 2 is 1.72 bits per heavy atom. The van der Waals surface area contributed by atoms with Crippen LogP contribution < -0.4 is 16.4 Å². The summed E-state index contributed by atoms with van der Waals surface area (Å²) in [5, 5.41) is 9.38. The van der Waals surface area contributed by atoms with Crippen molar-refractivity contribution in [2.45, 2.75) is 85.5 Å². The summed E-state index contributed by atoms with van der Waals surface area (Å²) in [6, 6.07) is 7.35. The molecular formula is C26H38N4O6. The number of benzene rings is 1. The van der Waals surface area contributed by atoms with Gasteiger partial charge in [0.15, 0.2) is 0 Å². The van der Waals surface area contributed by atoms with Gasteiger partial charge in [-0.1, -0.05) is 77.8 Å². The molecule has 0 spiro atoms. The first kappa shape index (κ1) is 28.8. The number of alkyl carbamates (subject to hydrolysis) is 1. The molecule has 1 heterocycles. The molecule has 2 atom stereocenters. The number of amides is 2. The van der Waals surface area contributed by atoms with Crippen molar-refractivity contribution in [3.05, 3.63) is 52.3 Å². The van der Waals surface area contributed by atoms with Crippen LogP contribution in [0.4, 0.5) is 4.79 Å². The van der Waals surface area contributed by atoms with Gasteiger partial charge >= 0.3 is 11.8 Å². The van der Waals surface area contributed by atoms with E-state index in [0.29, 0.717) is 25.8 Å². The first-order valence-electron chi connectivity index (χ1n) is 12.5. The summed E-state index contributed by atoms with van der Waals surface area (Å²) >= 11 is 0. The molecule has 1 aromatic carbocycles. The standard InChI is InChI=1S/C26H38N4O6/c1-6-7-13-20(22(31)24-29-30(15-18(4)5)26(34)36-24)27-23(32)21(14-17(2)3)28-25(33)35-16-19-11-9-8-10-12-19/h8-12,17-18,20-21H,6-7,13-16H2,1-5H3,(H,27,32)(H,28,33)/t20-,21-/m0/s1. The number of nitrogens with one attached hydrogen (secondary N) is 2. The van der Waals surface area contributed by atoms with Gasteiger partial charge in [0.1, 0.15) is 12.6 Å². The molecule has 0 unspecified atom stereocenters. The lowest BCUT2D eigenvalue weighted by Crippen LogP contribution is -2.52. The minimum absolute atomic E-state index is 0.0678. The van der Waals surface area contributed by atoms with Crippen LogP contribution in [0.3, 0.4) is 0 Å². The zero-order valence-electron chi connectivity index (χ0n) is 21.8. The summed E-state index contributed by atoms with van der Waals surface area (Å²) in [6.45, 7) is 10.0. The Bertz CT molecular complexity index is 1040. The number of ether oxygens (including phenoxy) is 1. The lowest BCUT2D eigenvalue weighted by molar-refractivity contribution is -0.124. The third kappa shape index (κ3) is 9.31. The fraction of sp³-hybridized carbons (Fsp3) is 0.577. The number of hydrogen-bond donors (Lipinski definition) is 2. The Hall–Kier alpha value is -3.43. The Kier molecular flexibility index (Phi) is 11.4. The van der Waals surface area contributed by atoms with E-state index in [-0.39, 0.29) is 24.3 Å². The zero-order valence-corrected chi connectivity index (χ0v) is 21.8. The van der Waals surface area contributed by atoms with Crippen LogP contribution in [0.1, 0.15) is 76.6 Å². The van der Waals surface area contributed by atoms with Crippen molar-refractivity contribution in [3.63, 3.8) is 0 Å². The third-order valence-corrected chi connectivity index (χ3v) is 5.36. The summed E-state index contributed by atoms with van der Waals surface area (Å²) in [4.78, 5) is 50.8. The van der Waals surface area contributed by atoms with E-state index in [1.165, 1.54) is 0 Å². The fourth-order valence-electron chi connectivity index (χ4n) is 3.58. The zero-order chi connectivity index (χ0) is 26.7. The number of ketones is 1. The topological polar surface area (TPSA) is 133 Å². The van der Waals surface area contributed by atoms with Crippen molar-refractivity contribution < 1.29 is 23.5 Å². The molecule has 0 fully saturated rings. The Morgan fingerprint density at radius 3 is 2.33 bits per heavy atom. The molecular weight excluding hydrogens is 464 g/mol. The minimum Gasteiger partial charge on any atom is -0.445 e. The van der Waals surface area contributed by atoms with Crippen LogP contribution in [0.15, 0.2) is 39.5 Å². The first-order valence-corrected chi connectivity index (χ1v) is 12.5. The molecule has 0 aliphatic rings. The van der Waals surface area contributed by atoms with Crippen molar-refractivity contribution in [2.75, 3.05) is 0 Å². The molecule has 0 aliphatic carbocycles. The molecule has 2 aromatic rings. The number of aromatic nitrogens is 2. The molecule has 0 aliphatic heterocycles. The second-order valence-corrected chi connectivity index (χ2v) is 9.70. The summed E-state index contributed by atoms with van der Waals surface area (Å²) in [5.74, 6) is -1.92. The number of carbonyl (C=O) groups is 3. The second-order valence-electron chi connectivity index (χ2n) is 9.70. The number of rotatable bonds is 14. The van der Waals surface area contributed by atoms with Gasteiger partial charge in [0.2, 0.25) is 11.7 Å². The monoisotopic (exact) mass is 502 g/mol. The quantitative estimate of drug-likeness (QED) is 0.376. The Morgan fingerprint density at radius 1 is 1.03 bits per heavy atom. The van der Waals surface area contributed by atoms with Crippen molar-refractivity contribution >= 4 is 17.8 Å². The van der Waals surface area contributed by atoms with Gasteiger partial charge in [-0.2, -0.15) is 4.68 Å². The van der Waals surface area contributed by atoms with Gasteiger partial charge in [-0.15, -0.1) is 5.10 Å². The predicted molar refractivity (Wildman–Crippen MR) is 134 cm³/mol. The van der Waals surface area contributed by atoms with Crippen molar-refractivity contribution in [2.24, 2.45) is 11.8 Å². The molecule has 198 valence electrons. The highest BCUT2D eigenvalue weighted by molar-refractivity contribution is 5.99. The fourth-order valence-corrected chi connectivity index (χ4v) is 3.58. The highest BCUT2D eigenvalue weighted by atomic mass is 16.5. The van der Waals surface area contributed by atoms with Gasteiger partial charge in [0.05, 0.1) is 12.6 Å². The molecule has 0 saturated heterocycles. The predicted octanol–water partition coefficient (Wildman–Crippen LogP) is 3.69. The maximum absolute atomic E-state index is 13.2. The third-order valence-electron chi connectivity index (χ3n) is 5.36.